The molecule has 0 bridgehead atoms. The number of methoxy groups -OCH3 is 1. The zero-order valence-corrected chi connectivity index (χ0v) is 20.9. The van der Waals surface area contributed by atoms with Gasteiger partial charge in [-0.1, -0.05) is 42.5 Å². The number of hydrogen-bond acceptors (Lipinski definition) is 3. The van der Waals surface area contributed by atoms with E-state index in [0.717, 1.165) is 43.3 Å². The molecule has 0 spiro atoms. The van der Waals surface area contributed by atoms with Gasteiger partial charge in [-0.15, -0.1) is 24.0 Å². The lowest BCUT2D eigenvalue weighted by Gasteiger charge is -2.22. The van der Waals surface area contributed by atoms with Crippen LogP contribution in [-0.4, -0.2) is 54.1 Å². The summed E-state index contributed by atoms with van der Waals surface area (Å²) in [5.41, 5.74) is 2.46. The Balaban J connectivity index is 0.00000320. The quantitative estimate of drug-likeness (QED) is 0.312. The van der Waals surface area contributed by atoms with E-state index in [1.165, 1.54) is 5.56 Å². The van der Waals surface area contributed by atoms with Crippen molar-refractivity contribution in [3.63, 3.8) is 0 Å². The first-order valence-electron chi connectivity index (χ1n) is 10.3. The van der Waals surface area contributed by atoms with Crippen LogP contribution in [-0.2, 0) is 16.6 Å². The molecule has 1 fully saturated rings. The Labute approximate surface area is 199 Å². The van der Waals surface area contributed by atoms with Crippen LogP contribution in [0.5, 0.6) is 5.75 Å². The summed E-state index contributed by atoms with van der Waals surface area (Å²) in [7, 11) is 0.795. The molecular weight excluding hydrogens is 509 g/mol. The SMILES string of the molecule is CCNC(=NCCS(=O)Cc1ccccc1)N1CCC(c2ccc(OC)cc2)C1.I. The highest BCUT2D eigenvalue weighted by Gasteiger charge is 2.26. The molecule has 2 aromatic rings. The van der Waals surface area contributed by atoms with Crippen LogP contribution >= 0.6 is 24.0 Å². The van der Waals surface area contributed by atoms with Gasteiger partial charge >= 0.3 is 0 Å². The number of hydrogen-bond donors (Lipinski definition) is 1. The van der Waals surface area contributed by atoms with Gasteiger partial charge in [0.2, 0.25) is 0 Å². The third-order valence-corrected chi connectivity index (χ3v) is 6.45. The lowest BCUT2D eigenvalue weighted by atomic mass is 9.98. The Morgan fingerprint density at radius 3 is 2.60 bits per heavy atom. The maximum Gasteiger partial charge on any atom is 0.193 e. The highest BCUT2D eigenvalue weighted by molar-refractivity contribution is 14.0. The molecule has 1 heterocycles. The largest absolute Gasteiger partial charge is 0.497 e. The minimum absolute atomic E-state index is 0. The smallest absolute Gasteiger partial charge is 0.193 e. The van der Waals surface area contributed by atoms with Crippen LogP contribution in [0.4, 0.5) is 0 Å². The molecule has 5 nitrogen and oxygen atoms in total. The van der Waals surface area contributed by atoms with Crippen LogP contribution in [0.25, 0.3) is 0 Å². The normalized spacial score (nSPS) is 17.3. The summed E-state index contributed by atoms with van der Waals surface area (Å²) in [6.07, 6.45) is 1.11. The summed E-state index contributed by atoms with van der Waals surface area (Å²) in [5, 5.41) is 3.40. The topological polar surface area (TPSA) is 53.9 Å². The second-order valence-electron chi connectivity index (χ2n) is 7.21. The Morgan fingerprint density at radius 1 is 1.20 bits per heavy atom. The van der Waals surface area contributed by atoms with E-state index in [1.54, 1.807) is 7.11 Å². The number of ether oxygens (including phenoxy) is 1. The summed E-state index contributed by atoms with van der Waals surface area (Å²) in [4.78, 5) is 7.07. The molecule has 1 aliphatic rings. The number of benzene rings is 2. The first-order valence-corrected chi connectivity index (χ1v) is 11.7. The van der Waals surface area contributed by atoms with Crippen molar-refractivity contribution in [1.82, 2.24) is 10.2 Å². The van der Waals surface area contributed by atoms with Crippen LogP contribution in [0.1, 0.15) is 30.4 Å². The van der Waals surface area contributed by atoms with Gasteiger partial charge in [0.05, 0.1) is 13.7 Å². The average Bonchev–Trinajstić information content (AvgIpc) is 3.24. The van der Waals surface area contributed by atoms with Crippen molar-refractivity contribution >= 4 is 40.7 Å². The van der Waals surface area contributed by atoms with Crippen molar-refractivity contribution < 1.29 is 8.95 Å². The maximum absolute atomic E-state index is 12.4. The summed E-state index contributed by atoms with van der Waals surface area (Å²) in [5.74, 6) is 3.49. The number of aliphatic imine (C=N–C) groups is 1. The lowest BCUT2D eigenvalue weighted by molar-refractivity contribution is 0.414. The van der Waals surface area contributed by atoms with Gasteiger partial charge in [-0.05, 0) is 36.6 Å². The second-order valence-corrected chi connectivity index (χ2v) is 8.79. The van der Waals surface area contributed by atoms with Crippen LogP contribution in [0.15, 0.2) is 59.6 Å². The number of nitrogens with one attached hydrogen (secondary N) is 1. The van der Waals surface area contributed by atoms with Crippen molar-refractivity contribution in [3.8, 4) is 5.75 Å². The standard InChI is InChI=1S/C23H31N3O2S.HI/c1-3-24-23(25-14-16-29(27)18-19-7-5-4-6-8-19)26-15-13-21(17-26)20-9-11-22(28-2)12-10-20;/h4-12,21H,3,13-18H2,1-2H3,(H,24,25);1H. The summed E-state index contributed by atoms with van der Waals surface area (Å²) in [6.45, 7) is 5.42. The Bertz CT molecular complexity index is 815. The van der Waals surface area contributed by atoms with Crippen molar-refractivity contribution in [2.75, 3.05) is 39.0 Å². The maximum atomic E-state index is 12.4. The highest BCUT2D eigenvalue weighted by atomic mass is 127. The second kappa shape index (κ2) is 12.9. The van der Waals surface area contributed by atoms with Gasteiger partial charge < -0.3 is 15.0 Å². The fourth-order valence-corrected chi connectivity index (χ4v) is 4.62. The molecule has 164 valence electrons. The van der Waals surface area contributed by atoms with E-state index in [-0.39, 0.29) is 24.0 Å². The zero-order valence-electron chi connectivity index (χ0n) is 17.8. The highest BCUT2D eigenvalue weighted by Crippen LogP contribution is 2.28. The van der Waals surface area contributed by atoms with Gasteiger partial charge in [-0.2, -0.15) is 0 Å². The van der Waals surface area contributed by atoms with E-state index in [4.69, 9.17) is 9.73 Å². The molecule has 2 unspecified atom stereocenters. The molecule has 0 amide bonds. The summed E-state index contributed by atoms with van der Waals surface area (Å²) in [6, 6.07) is 18.4. The van der Waals surface area contributed by atoms with Crippen LogP contribution in [0.2, 0.25) is 0 Å². The van der Waals surface area contributed by atoms with Gasteiger partial charge in [0.1, 0.15) is 5.75 Å². The number of guanidine groups is 1. The molecule has 0 aliphatic carbocycles. The monoisotopic (exact) mass is 541 g/mol. The fourth-order valence-electron chi connectivity index (χ4n) is 3.61. The molecule has 2 aromatic carbocycles. The van der Waals surface area contributed by atoms with E-state index in [2.05, 4.69) is 29.3 Å². The molecule has 3 rings (SSSR count). The molecular formula is C23H32IN3O2S. The first-order chi connectivity index (χ1) is 14.2. The predicted molar refractivity (Wildman–Crippen MR) is 136 cm³/mol. The predicted octanol–water partition coefficient (Wildman–Crippen LogP) is 4.02. The molecule has 7 heteroatoms. The Morgan fingerprint density at radius 2 is 1.93 bits per heavy atom. The molecule has 1 saturated heterocycles. The van der Waals surface area contributed by atoms with Crippen molar-refractivity contribution in [1.29, 1.82) is 0 Å². The van der Waals surface area contributed by atoms with E-state index in [0.29, 0.717) is 24.0 Å². The number of halogens is 1. The molecule has 1 aliphatic heterocycles. The van der Waals surface area contributed by atoms with Crippen molar-refractivity contribution in [2.24, 2.45) is 4.99 Å². The Hall–Kier alpha value is -1.61. The van der Waals surface area contributed by atoms with Crippen LogP contribution in [0.3, 0.4) is 0 Å². The van der Waals surface area contributed by atoms with E-state index < -0.39 is 10.8 Å². The van der Waals surface area contributed by atoms with Gasteiger partial charge in [0.15, 0.2) is 5.96 Å². The lowest BCUT2D eigenvalue weighted by Crippen LogP contribution is -2.40. The molecule has 30 heavy (non-hydrogen) atoms. The van der Waals surface area contributed by atoms with E-state index in [9.17, 15) is 4.21 Å². The van der Waals surface area contributed by atoms with Crippen molar-refractivity contribution in [3.05, 3.63) is 65.7 Å². The molecule has 0 radical (unpaired) electrons. The minimum Gasteiger partial charge on any atom is -0.497 e. The van der Waals surface area contributed by atoms with E-state index in [1.807, 2.05) is 42.5 Å². The fraction of sp³-hybridized carbons (Fsp3) is 0.435. The molecule has 2 atom stereocenters. The average molecular weight is 541 g/mol. The molecule has 1 N–H and O–H groups in total. The third kappa shape index (κ3) is 7.27. The van der Waals surface area contributed by atoms with Gasteiger partial charge in [0, 0.05) is 47.9 Å². The van der Waals surface area contributed by atoms with Gasteiger partial charge in [-0.3, -0.25) is 9.20 Å². The summed E-state index contributed by atoms with van der Waals surface area (Å²) < 4.78 is 17.6. The molecule has 0 aromatic heterocycles. The van der Waals surface area contributed by atoms with Crippen molar-refractivity contribution in [2.45, 2.75) is 25.0 Å². The zero-order chi connectivity index (χ0) is 20.5. The number of likely N-dealkylation sites (tertiary alicyclic amines) is 1. The van der Waals surface area contributed by atoms with Gasteiger partial charge in [-0.25, -0.2) is 0 Å². The van der Waals surface area contributed by atoms with Crippen LogP contribution < -0.4 is 10.1 Å². The number of rotatable bonds is 8. The van der Waals surface area contributed by atoms with E-state index >= 15 is 0 Å². The third-order valence-electron chi connectivity index (χ3n) is 5.16. The minimum atomic E-state index is -0.898. The summed E-state index contributed by atoms with van der Waals surface area (Å²) >= 11 is 0. The Kier molecular flexibility index (Phi) is 10.6. The number of nitrogens with zero attached hydrogens (tertiary/aromatic N) is 2. The van der Waals surface area contributed by atoms with Crippen LogP contribution in [0, 0.1) is 0 Å². The van der Waals surface area contributed by atoms with Gasteiger partial charge in [0.25, 0.3) is 0 Å². The first kappa shape index (κ1) is 24.7. The molecule has 0 saturated carbocycles.